The van der Waals surface area contributed by atoms with E-state index in [4.69, 9.17) is 10.5 Å². The summed E-state index contributed by atoms with van der Waals surface area (Å²) in [5, 5.41) is 14.5. The van der Waals surface area contributed by atoms with Crippen molar-refractivity contribution in [3.05, 3.63) is 0 Å². The summed E-state index contributed by atoms with van der Waals surface area (Å²) in [6.07, 6.45) is 0. The molecule has 0 amide bonds. The number of hydrogen-bond acceptors (Lipinski definition) is 2. The first-order valence-corrected chi connectivity index (χ1v) is 0.697. The van der Waals surface area contributed by atoms with Crippen molar-refractivity contribution in [3.63, 3.8) is 0 Å². The fraction of sp³-hybridized carbons (Fsp3) is 0. The summed E-state index contributed by atoms with van der Waals surface area (Å²) in [6.45, 7) is 0. The monoisotopic (exact) mass is 92.0 g/mol. The molecule has 0 aromatic rings. The van der Waals surface area contributed by atoms with Crippen LogP contribution in [0.4, 0.5) is 0 Å². The van der Waals surface area contributed by atoms with Gasteiger partial charge in [0.2, 0.25) is 0 Å². The van der Waals surface area contributed by atoms with Gasteiger partial charge in [-0.2, -0.15) is 10.5 Å². The second kappa shape index (κ2) is 8.82. The van der Waals surface area contributed by atoms with Crippen LogP contribution in [0.5, 0.6) is 0 Å². The van der Waals surface area contributed by atoms with Gasteiger partial charge in [0.05, 0.1) is 0 Å². The standard InChI is InChI=1S/C2N2.K.H/c3-1-2-4;;. The molecule has 0 atom stereocenters. The van der Waals surface area contributed by atoms with Crippen LogP contribution in [0.1, 0.15) is 0 Å². The molecule has 20 valence electrons. The molecule has 0 radical (unpaired) electrons. The SMILES string of the molecule is N#CC#N.[KH]. The minimum atomic E-state index is 0. The Morgan fingerprint density at radius 2 is 1.20 bits per heavy atom. The summed E-state index contributed by atoms with van der Waals surface area (Å²) in [5.41, 5.74) is 0. The molecule has 0 saturated carbocycles. The van der Waals surface area contributed by atoms with Crippen LogP contribution in [0.25, 0.3) is 0 Å². The molecule has 0 aliphatic rings. The predicted octanol–water partition coefficient (Wildman–Crippen LogP) is -0.615. The molecule has 0 rings (SSSR count). The zero-order chi connectivity index (χ0) is 3.41. The van der Waals surface area contributed by atoms with Gasteiger partial charge in [-0.05, 0) is 0 Å². The third-order valence-electron chi connectivity index (χ3n) is 0.0500. The van der Waals surface area contributed by atoms with Crippen LogP contribution in [-0.2, 0) is 0 Å². The van der Waals surface area contributed by atoms with Crippen LogP contribution >= 0.6 is 0 Å². The predicted molar refractivity (Wildman–Crippen MR) is 18.4 cm³/mol. The molecule has 2 nitrogen and oxygen atoms in total. The van der Waals surface area contributed by atoms with E-state index in [1.54, 1.807) is 0 Å². The van der Waals surface area contributed by atoms with E-state index >= 15 is 0 Å². The summed E-state index contributed by atoms with van der Waals surface area (Å²) >= 11 is 0. The van der Waals surface area contributed by atoms with Gasteiger partial charge in [-0.3, -0.25) is 0 Å². The normalized spacial score (nSPS) is 2.00. The van der Waals surface area contributed by atoms with Crippen molar-refractivity contribution < 1.29 is 0 Å². The van der Waals surface area contributed by atoms with E-state index < -0.39 is 0 Å². The van der Waals surface area contributed by atoms with Crippen molar-refractivity contribution in [2.24, 2.45) is 0 Å². The number of hydrogen-bond donors (Lipinski definition) is 0. The van der Waals surface area contributed by atoms with Crippen molar-refractivity contribution in [3.8, 4) is 12.1 Å². The van der Waals surface area contributed by atoms with Gasteiger partial charge in [0, 0.05) is 0 Å². The molecule has 0 fully saturated rings. The second-order valence-electron chi connectivity index (χ2n) is 0.224. The van der Waals surface area contributed by atoms with Gasteiger partial charge in [0.25, 0.3) is 0 Å². The molecule has 0 aliphatic carbocycles. The van der Waals surface area contributed by atoms with Gasteiger partial charge in [0.1, 0.15) is 0 Å². The van der Waals surface area contributed by atoms with E-state index in [1.807, 2.05) is 0 Å². The quantitative estimate of drug-likeness (QED) is 0.374. The minimum absolute atomic E-state index is 0. The average Bonchev–Trinajstić information content (AvgIpc) is 1.37. The molecule has 0 saturated heterocycles. The molecule has 0 bridgehead atoms. The Bertz CT molecular complexity index is 62.6. The van der Waals surface area contributed by atoms with Gasteiger partial charge in [0.15, 0.2) is 12.1 Å². The number of nitrogens with zero attached hydrogens (tertiary/aromatic N) is 2. The van der Waals surface area contributed by atoms with Crippen molar-refractivity contribution in [1.29, 1.82) is 10.5 Å². The van der Waals surface area contributed by atoms with E-state index in [0.29, 0.717) is 0 Å². The van der Waals surface area contributed by atoms with Crippen molar-refractivity contribution in [1.82, 2.24) is 0 Å². The maximum atomic E-state index is 7.26. The Morgan fingerprint density at radius 3 is 1.20 bits per heavy atom. The summed E-state index contributed by atoms with van der Waals surface area (Å²) in [6, 6.07) is 2.47. The first kappa shape index (κ1) is 9.15. The van der Waals surface area contributed by atoms with Crippen molar-refractivity contribution in [2.75, 3.05) is 0 Å². The molecular formula is C2HKN2. The molecule has 5 heavy (non-hydrogen) atoms. The fourth-order valence-electron chi connectivity index (χ4n) is 0. The molecule has 0 spiro atoms. The van der Waals surface area contributed by atoms with Crippen LogP contribution in [0.2, 0.25) is 0 Å². The van der Waals surface area contributed by atoms with Crippen LogP contribution in [0.3, 0.4) is 0 Å². The summed E-state index contributed by atoms with van der Waals surface area (Å²) in [7, 11) is 0. The third-order valence-corrected chi connectivity index (χ3v) is 0.0500. The average molecular weight is 92.1 g/mol. The summed E-state index contributed by atoms with van der Waals surface area (Å²) < 4.78 is 0. The Kier molecular flexibility index (Phi) is 16.1. The van der Waals surface area contributed by atoms with E-state index in [2.05, 4.69) is 0 Å². The Hall–Kier alpha value is 0.616. The molecule has 0 N–H and O–H groups in total. The second-order valence-corrected chi connectivity index (χ2v) is 0.224. The van der Waals surface area contributed by atoms with Crippen molar-refractivity contribution >= 4 is 51.4 Å². The zero-order valence-corrected chi connectivity index (χ0v) is 1.89. The van der Waals surface area contributed by atoms with E-state index in [0.717, 1.165) is 0 Å². The van der Waals surface area contributed by atoms with Crippen LogP contribution in [-0.4, -0.2) is 51.4 Å². The van der Waals surface area contributed by atoms with Crippen LogP contribution < -0.4 is 0 Å². The van der Waals surface area contributed by atoms with Gasteiger partial charge in [-0.25, -0.2) is 0 Å². The first-order chi connectivity index (χ1) is 1.91. The summed E-state index contributed by atoms with van der Waals surface area (Å²) in [4.78, 5) is 0. The molecule has 0 heterocycles. The number of nitriles is 2. The maximum absolute atomic E-state index is 7.26. The molecule has 0 unspecified atom stereocenters. The first-order valence-electron chi connectivity index (χ1n) is 0.697. The Balaban J connectivity index is 0. The Morgan fingerprint density at radius 1 is 1.00 bits per heavy atom. The fourth-order valence-corrected chi connectivity index (χ4v) is 0. The number of rotatable bonds is 0. The van der Waals surface area contributed by atoms with Gasteiger partial charge >= 0.3 is 51.4 Å². The van der Waals surface area contributed by atoms with E-state index in [1.165, 1.54) is 12.1 Å². The van der Waals surface area contributed by atoms with Gasteiger partial charge in [-0.15, -0.1) is 0 Å². The van der Waals surface area contributed by atoms with Crippen LogP contribution in [0, 0.1) is 22.7 Å². The molecule has 3 heteroatoms. The molecule has 0 aromatic carbocycles. The topological polar surface area (TPSA) is 47.6 Å². The van der Waals surface area contributed by atoms with Gasteiger partial charge in [-0.1, -0.05) is 0 Å². The zero-order valence-electron chi connectivity index (χ0n) is 1.89. The summed E-state index contributed by atoms with van der Waals surface area (Å²) in [5.74, 6) is 0. The van der Waals surface area contributed by atoms with Gasteiger partial charge < -0.3 is 0 Å². The molecular weight excluding hydrogens is 91.1 g/mol. The third kappa shape index (κ3) is 12.1. The van der Waals surface area contributed by atoms with E-state index in [9.17, 15) is 0 Å². The Labute approximate surface area is 72.8 Å². The van der Waals surface area contributed by atoms with E-state index in [-0.39, 0.29) is 51.4 Å². The van der Waals surface area contributed by atoms with Crippen molar-refractivity contribution in [2.45, 2.75) is 0 Å². The molecule has 0 aromatic heterocycles. The van der Waals surface area contributed by atoms with Crippen LogP contribution in [0.15, 0.2) is 0 Å². The molecule has 0 aliphatic heterocycles.